The zero-order valence-electron chi connectivity index (χ0n) is 11.0. The standard InChI is InChI=1S/C15H14N2O3/c1-20-14-7-8-15(19)17(16-14)11-13-5-2-4-12(10-13)6-3-9-18/h2,4-5,7-8,10,18H,9,11H2,1H3. The fourth-order valence-electron chi connectivity index (χ4n) is 1.71. The number of aliphatic hydroxyl groups excluding tert-OH is 1. The quantitative estimate of drug-likeness (QED) is 0.831. The normalized spacial score (nSPS) is 9.70. The third kappa shape index (κ3) is 3.46. The molecular weight excluding hydrogens is 256 g/mol. The molecule has 102 valence electrons. The van der Waals surface area contributed by atoms with Gasteiger partial charge in [-0.15, -0.1) is 5.10 Å². The third-order valence-electron chi connectivity index (χ3n) is 2.62. The lowest BCUT2D eigenvalue weighted by atomic mass is 10.1. The van der Waals surface area contributed by atoms with Crippen molar-refractivity contribution in [2.75, 3.05) is 13.7 Å². The van der Waals surface area contributed by atoms with Crippen LogP contribution in [0.15, 0.2) is 41.2 Å². The molecule has 1 N–H and O–H groups in total. The average Bonchev–Trinajstić information content (AvgIpc) is 2.48. The second-order valence-corrected chi connectivity index (χ2v) is 4.03. The number of benzene rings is 1. The predicted octanol–water partition coefficient (Wildman–Crippen LogP) is 0.644. The monoisotopic (exact) mass is 270 g/mol. The van der Waals surface area contributed by atoms with E-state index in [1.807, 2.05) is 24.3 Å². The molecule has 0 saturated carbocycles. The first kappa shape index (κ1) is 13.8. The maximum absolute atomic E-state index is 11.7. The summed E-state index contributed by atoms with van der Waals surface area (Å²) in [5.74, 6) is 5.80. The molecule has 0 amide bonds. The summed E-state index contributed by atoms with van der Waals surface area (Å²) in [6.07, 6.45) is 0. The Balaban J connectivity index is 2.28. The average molecular weight is 270 g/mol. The van der Waals surface area contributed by atoms with E-state index in [0.717, 1.165) is 11.1 Å². The van der Waals surface area contributed by atoms with Gasteiger partial charge >= 0.3 is 0 Å². The first-order valence-corrected chi connectivity index (χ1v) is 6.04. The van der Waals surface area contributed by atoms with E-state index in [-0.39, 0.29) is 12.2 Å². The van der Waals surface area contributed by atoms with Crippen molar-refractivity contribution in [1.29, 1.82) is 0 Å². The summed E-state index contributed by atoms with van der Waals surface area (Å²) in [6.45, 7) is 0.159. The Morgan fingerprint density at radius 2 is 2.20 bits per heavy atom. The Morgan fingerprint density at radius 3 is 2.95 bits per heavy atom. The van der Waals surface area contributed by atoms with E-state index >= 15 is 0 Å². The maximum Gasteiger partial charge on any atom is 0.267 e. The lowest BCUT2D eigenvalue weighted by molar-refractivity contribution is 0.350. The fraction of sp³-hybridized carbons (Fsp3) is 0.200. The van der Waals surface area contributed by atoms with Crippen LogP contribution in [-0.2, 0) is 6.54 Å². The highest BCUT2D eigenvalue weighted by Gasteiger charge is 2.02. The molecule has 1 heterocycles. The van der Waals surface area contributed by atoms with Crippen molar-refractivity contribution in [3.05, 3.63) is 57.9 Å². The number of nitrogens with zero attached hydrogens (tertiary/aromatic N) is 2. The van der Waals surface area contributed by atoms with Crippen LogP contribution in [0.3, 0.4) is 0 Å². The van der Waals surface area contributed by atoms with Crippen molar-refractivity contribution in [2.45, 2.75) is 6.54 Å². The second kappa shape index (κ2) is 6.55. The van der Waals surface area contributed by atoms with Crippen molar-refractivity contribution < 1.29 is 9.84 Å². The molecule has 1 aromatic carbocycles. The van der Waals surface area contributed by atoms with Gasteiger partial charge < -0.3 is 9.84 Å². The fourth-order valence-corrected chi connectivity index (χ4v) is 1.71. The third-order valence-corrected chi connectivity index (χ3v) is 2.62. The summed E-state index contributed by atoms with van der Waals surface area (Å²) in [5.41, 5.74) is 1.49. The summed E-state index contributed by atoms with van der Waals surface area (Å²) < 4.78 is 6.33. The number of rotatable bonds is 3. The number of aromatic nitrogens is 2. The lowest BCUT2D eigenvalue weighted by Crippen LogP contribution is -2.22. The molecule has 5 heteroatoms. The van der Waals surface area contributed by atoms with E-state index in [1.54, 1.807) is 0 Å². The van der Waals surface area contributed by atoms with Gasteiger partial charge in [-0.1, -0.05) is 24.0 Å². The van der Waals surface area contributed by atoms with Crippen LogP contribution in [-0.4, -0.2) is 28.6 Å². The Bertz CT molecular complexity index is 711. The van der Waals surface area contributed by atoms with Gasteiger partial charge in [0.25, 0.3) is 5.56 Å². The Labute approximate surface area is 116 Å². The molecule has 0 bridgehead atoms. The molecule has 0 saturated heterocycles. The number of hydrogen-bond acceptors (Lipinski definition) is 4. The highest BCUT2D eigenvalue weighted by atomic mass is 16.5. The van der Waals surface area contributed by atoms with Crippen LogP contribution in [0, 0.1) is 11.8 Å². The minimum atomic E-state index is -0.197. The molecule has 0 atom stereocenters. The van der Waals surface area contributed by atoms with Gasteiger partial charge in [0.05, 0.1) is 13.7 Å². The number of ether oxygens (including phenoxy) is 1. The molecule has 2 aromatic rings. The zero-order chi connectivity index (χ0) is 14.4. The summed E-state index contributed by atoms with van der Waals surface area (Å²) in [7, 11) is 1.50. The van der Waals surface area contributed by atoms with E-state index in [9.17, 15) is 4.79 Å². The van der Waals surface area contributed by atoms with Crippen molar-refractivity contribution in [2.24, 2.45) is 0 Å². The SMILES string of the molecule is COc1ccc(=O)n(Cc2cccc(C#CCO)c2)n1. The molecule has 0 aliphatic rings. The van der Waals surface area contributed by atoms with Crippen LogP contribution in [0.5, 0.6) is 5.88 Å². The van der Waals surface area contributed by atoms with E-state index in [1.165, 1.54) is 23.9 Å². The Morgan fingerprint density at radius 1 is 1.35 bits per heavy atom. The van der Waals surface area contributed by atoms with E-state index < -0.39 is 0 Å². The molecule has 0 aliphatic carbocycles. The minimum Gasteiger partial charge on any atom is -0.480 e. The summed E-state index contributed by atoms with van der Waals surface area (Å²) >= 11 is 0. The van der Waals surface area contributed by atoms with Crippen molar-refractivity contribution >= 4 is 0 Å². The van der Waals surface area contributed by atoms with Gasteiger partial charge in [0.15, 0.2) is 0 Å². The molecule has 2 rings (SSSR count). The molecule has 5 nitrogen and oxygen atoms in total. The predicted molar refractivity (Wildman–Crippen MR) is 74.6 cm³/mol. The molecule has 0 aliphatic heterocycles. The van der Waals surface area contributed by atoms with Crippen LogP contribution in [0.2, 0.25) is 0 Å². The number of methoxy groups -OCH3 is 1. The van der Waals surface area contributed by atoms with Crippen molar-refractivity contribution in [3.8, 4) is 17.7 Å². The number of hydrogen-bond donors (Lipinski definition) is 1. The molecule has 20 heavy (non-hydrogen) atoms. The molecular formula is C15H14N2O3. The topological polar surface area (TPSA) is 64.3 Å². The van der Waals surface area contributed by atoms with Gasteiger partial charge in [-0.2, -0.15) is 0 Å². The van der Waals surface area contributed by atoms with Gasteiger partial charge in [0.1, 0.15) is 6.61 Å². The van der Waals surface area contributed by atoms with Gasteiger partial charge in [0, 0.05) is 17.7 Å². The largest absolute Gasteiger partial charge is 0.480 e. The zero-order valence-corrected chi connectivity index (χ0v) is 11.0. The first-order chi connectivity index (χ1) is 9.72. The summed E-state index contributed by atoms with van der Waals surface area (Å²) in [5, 5.41) is 12.8. The van der Waals surface area contributed by atoms with Crippen LogP contribution >= 0.6 is 0 Å². The molecule has 1 aromatic heterocycles. The van der Waals surface area contributed by atoms with E-state index in [4.69, 9.17) is 9.84 Å². The van der Waals surface area contributed by atoms with E-state index in [0.29, 0.717) is 12.4 Å². The van der Waals surface area contributed by atoms with E-state index in [2.05, 4.69) is 16.9 Å². The van der Waals surface area contributed by atoms with Crippen LogP contribution in [0.25, 0.3) is 0 Å². The van der Waals surface area contributed by atoms with Gasteiger partial charge in [-0.25, -0.2) is 4.68 Å². The summed E-state index contributed by atoms with van der Waals surface area (Å²) in [4.78, 5) is 11.7. The molecule has 0 unspecified atom stereocenters. The maximum atomic E-state index is 11.7. The Hall–Kier alpha value is -2.58. The smallest absolute Gasteiger partial charge is 0.267 e. The van der Waals surface area contributed by atoms with Crippen LogP contribution in [0.4, 0.5) is 0 Å². The Kier molecular flexibility index (Phi) is 4.53. The van der Waals surface area contributed by atoms with Crippen LogP contribution in [0.1, 0.15) is 11.1 Å². The summed E-state index contributed by atoms with van der Waals surface area (Å²) in [6, 6.07) is 10.4. The lowest BCUT2D eigenvalue weighted by Gasteiger charge is -2.06. The van der Waals surface area contributed by atoms with Gasteiger partial charge in [0.2, 0.25) is 5.88 Å². The number of aliphatic hydroxyl groups is 1. The van der Waals surface area contributed by atoms with Crippen molar-refractivity contribution in [3.63, 3.8) is 0 Å². The highest BCUT2D eigenvalue weighted by Crippen LogP contribution is 2.06. The van der Waals surface area contributed by atoms with Crippen LogP contribution < -0.4 is 10.3 Å². The highest BCUT2D eigenvalue weighted by molar-refractivity contribution is 5.37. The van der Waals surface area contributed by atoms with Gasteiger partial charge in [-0.3, -0.25) is 4.79 Å². The first-order valence-electron chi connectivity index (χ1n) is 6.04. The molecule has 0 radical (unpaired) electrons. The minimum absolute atomic E-state index is 0.179. The molecule has 0 fully saturated rings. The molecule has 0 spiro atoms. The second-order valence-electron chi connectivity index (χ2n) is 4.03. The van der Waals surface area contributed by atoms with Gasteiger partial charge in [-0.05, 0) is 17.7 Å². The van der Waals surface area contributed by atoms with Crippen molar-refractivity contribution in [1.82, 2.24) is 9.78 Å².